The molecule has 42 heavy (non-hydrogen) atoms. The molecule has 1 aliphatic rings. The van der Waals surface area contributed by atoms with Crippen molar-refractivity contribution in [3.05, 3.63) is 52.6 Å². The lowest BCUT2D eigenvalue weighted by atomic mass is 10.2. The zero-order valence-corrected chi connectivity index (χ0v) is 29.6. The van der Waals surface area contributed by atoms with Gasteiger partial charge in [-0.1, -0.05) is 47.6 Å². The van der Waals surface area contributed by atoms with Crippen LogP contribution in [0.5, 0.6) is 0 Å². The van der Waals surface area contributed by atoms with Crippen LogP contribution in [0.3, 0.4) is 0 Å². The second-order valence-corrected chi connectivity index (χ2v) is 23.9. The van der Waals surface area contributed by atoms with Gasteiger partial charge in [0, 0.05) is 57.1 Å². The molecule has 0 radical (unpaired) electrons. The van der Waals surface area contributed by atoms with Crippen molar-refractivity contribution in [1.82, 2.24) is 4.98 Å². The zero-order chi connectivity index (χ0) is 31.3. The van der Waals surface area contributed by atoms with E-state index in [2.05, 4.69) is 101 Å². The van der Waals surface area contributed by atoms with Crippen LogP contribution in [0.15, 0.2) is 42.5 Å². The number of nitro groups is 1. The lowest BCUT2D eigenvalue weighted by Gasteiger charge is -2.38. The third-order valence-electron chi connectivity index (χ3n) is 9.33. The SMILES string of the molecule is CC(C)(C)[Si](C)(C)OCCN(CCO[Si](C)(C)C(C)(C)C)c1cccc(N2CCN(c3ccc([N+](=O)[O-])cc3)CC2)n1. The van der Waals surface area contributed by atoms with E-state index in [4.69, 9.17) is 13.8 Å². The summed E-state index contributed by atoms with van der Waals surface area (Å²) in [4.78, 5) is 22.7. The summed E-state index contributed by atoms with van der Waals surface area (Å²) in [5.74, 6) is 1.92. The normalized spacial score (nSPS) is 15.2. The molecule has 2 heterocycles. The predicted molar refractivity (Wildman–Crippen MR) is 180 cm³/mol. The van der Waals surface area contributed by atoms with Gasteiger partial charge in [-0.3, -0.25) is 10.1 Å². The summed E-state index contributed by atoms with van der Waals surface area (Å²) in [5, 5.41) is 11.3. The summed E-state index contributed by atoms with van der Waals surface area (Å²) in [6.07, 6.45) is 0. The highest BCUT2D eigenvalue weighted by atomic mass is 28.4. The van der Waals surface area contributed by atoms with Crippen LogP contribution in [0, 0.1) is 10.1 Å². The molecule has 11 heteroatoms. The fourth-order valence-electron chi connectivity index (χ4n) is 4.34. The molecule has 0 N–H and O–H groups in total. The summed E-state index contributed by atoms with van der Waals surface area (Å²) in [5.41, 5.74) is 1.13. The first-order valence-corrected chi connectivity index (χ1v) is 21.0. The van der Waals surface area contributed by atoms with Gasteiger partial charge in [0.1, 0.15) is 11.6 Å². The Morgan fingerprint density at radius 1 is 0.810 bits per heavy atom. The van der Waals surface area contributed by atoms with Crippen LogP contribution in [0.4, 0.5) is 23.0 Å². The van der Waals surface area contributed by atoms with Gasteiger partial charge >= 0.3 is 0 Å². The van der Waals surface area contributed by atoms with Gasteiger partial charge in [-0.2, -0.15) is 0 Å². The number of anilines is 3. The number of hydrogen-bond donors (Lipinski definition) is 0. The molecule has 0 atom stereocenters. The lowest BCUT2D eigenvalue weighted by Crippen LogP contribution is -2.47. The minimum Gasteiger partial charge on any atom is -0.415 e. The van der Waals surface area contributed by atoms with E-state index in [1.807, 2.05) is 12.1 Å². The second-order valence-electron chi connectivity index (χ2n) is 14.3. The van der Waals surface area contributed by atoms with E-state index in [1.165, 1.54) is 0 Å². The average molecular weight is 616 g/mol. The molecule has 9 nitrogen and oxygen atoms in total. The van der Waals surface area contributed by atoms with E-state index in [0.29, 0.717) is 13.2 Å². The highest BCUT2D eigenvalue weighted by molar-refractivity contribution is 6.74. The topological polar surface area (TPSA) is 84.2 Å². The molecule has 1 aromatic heterocycles. The Labute approximate surface area is 255 Å². The Balaban J connectivity index is 1.70. The number of aromatic nitrogens is 1. The van der Waals surface area contributed by atoms with Crippen LogP contribution in [0.1, 0.15) is 41.5 Å². The maximum atomic E-state index is 11.0. The standard InChI is InChI=1S/C31H53N5O4Si2/c1-30(2,3)41(7,8)39-24-22-35(23-25-40-42(9,10)31(4,5)6)29-13-11-12-28(32-29)34-20-18-33(19-21-34)26-14-16-27(17-15-26)36(37)38/h11-17H,18-25H2,1-10H3. The molecule has 1 aliphatic heterocycles. The molecule has 0 saturated carbocycles. The summed E-state index contributed by atoms with van der Waals surface area (Å²) in [7, 11) is -3.72. The first-order chi connectivity index (χ1) is 19.4. The van der Waals surface area contributed by atoms with Crippen molar-refractivity contribution >= 4 is 39.6 Å². The third-order valence-corrected chi connectivity index (χ3v) is 18.4. The number of piperazine rings is 1. The fourth-order valence-corrected chi connectivity index (χ4v) is 6.41. The van der Waals surface area contributed by atoms with Gasteiger partial charge in [-0.05, 0) is 60.5 Å². The van der Waals surface area contributed by atoms with Crippen molar-refractivity contribution in [2.24, 2.45) is 0 Å². The summed E-state index contributed by atoms with van der Waals surface area (Å²) in [6, 6.07) is 13.1. The molecule has 1 aromatic carbocycles. The number of nitrogens with zero attached hydrogens (tertiary/aromatic N) is 5. The maximum absolute atomic E-state index is 11.0. The quantitative estimate of drug-likeness (QED) is 0.141. The van der Waals surface area contributed by atoms with Gasteiger partial charge in [0.2, 0.25) is 0 Å². The van der Waals surface area contributed by atoms with Crippen molar-refractivity contribution in [1.29, 1.82) is 0 Å². The van der Waals surface area contributed by atoms with Gasteiger partial charge in [0.05, 0.1) is 18.1 Å². The van der Waals surface area contributed by atoms with E-state index in [1.54, 1.807) is 12.1 Å². The van der Waals surface area contributed by atoms with Gasteiger partial charge in [0.25, 0.3) is 5.69 Å². The smallest absolute Gasteiger partial charge is 0.269 e. The first kappa shape index (κ1) is 34.0. The van der Waals surface area contributed by atoms with Crippen molar-refractivity contribution in [3.63, 3.8) is 0 Å². The number of rotatable bonds is 12. The molecule has 1 saturated heterocycles. The van der Waals surface area contributed by atoms with Crippen molar-refractivity contribution in [2.75, 3.05) is 67.2 Å². The average Bonchev–Trinajstić information content (AvgIpc) is 2.91. The fraction of sp³-hybridized carbons (Fsp3) is 0.645. The Morgan fingerprint density at radius 2 is 1.29 bits per heavy atom. The van der Waals surface area contributed by atoms with E-state index in [-0.39, 0.29) is 20.7 Å². The van der Waals surface area contributed by atoms with Gasteiger partial charge in [-0.25, -0.2) is 4.98 Å². The van der Waals surface area contributed by atoms with Gasteiger partial charge in [-0.15, -0.1) is 0 Å². The van der Waals surface area contributed by atoms with Crippen molar-refractivity contribution in [2.45, 2.75) is 77.8 Å². The van der Waals surface area contributed by atoms with Gasteiger partial charge in [0.15, 0.2) is 16.6 Å². The van der Waals surface area contributed by atoms with Gasteiger partial charge < -0.3 is 23.6 Å². The number of pyridine rings is 1. The molecule has 1 fully saturated rings. The maximum Gasteiger partial charge on any atom is 0.269 e. The molecule has 0 spiro atoms. The minimum atomic E-state index is -1.86. The molecule has 234 valence electrons. The second kappa shape index (κ2) is 13.4. The summed E-state index contributed by atoms with van der Waals surface area (Å²) >= 11 is 0. The highest BCUT2D eigenvalue weighted by Crippen LogP contribution is 2.37. The highest BCUT2D eigenvalue weighted by Gasteiger charge is 2.38. The molecule has 0 aliphatic carbocycles. The summed E-state index contributed by atoms with van der Waals surface area (Å²) in [6.45, 7) is 29.0. The number of benzene rings is 1. The molecular weight excluding hydrogens is 563 g/mol. The predicted octanol–water partition coefficient (Wildman–Crippen LogP) is 7.17. The molecule has 3 rings (SSSR count). The Hall–Kier alpha value is -2.48. The third kappa shape index (κ3) is 8.78. The van der Waals surface area contributed by atoms with E-state index >= 15 is 0 Å². The number of hydrogen-bond acceptors (Lipinski definition) is 8. The van der Waals surface area contributed by atoms with E-state index in [9.17, 15) is 10.1 Å². The molecule has 0 bridgehead atoms. The van der Waals surface area contributed by atoms with Crippen LogP contribution < -0.4 is 14.7 Å². The molecular formula is C31H53N5O4Si2. The van der Waals surface area contributed by atoms with Crippen LogP contribution in [0.2, 0.25) is 36.3 Å². The van der Waals surface area contributed by atoms with Crippen LogP contribution in [-0.4, -0.2) is 79.0 Å². The molecule has 0 unspecified atom stereocenters. The number of non-ortho nitro benzene ring substituents is 1. The van der Waals surface area contributed by atoms with Crippen LogP contribution >= 0.6 is 0 Å². The minimum absolute atomic E-state index is 0.118. The van der Waals surface area contributed by atoms with E-state index < -0.39 is 16.6 Å². The van der Waals surface area contributed by atoms with E-state index in [0.717, 1.165) is 56.6 Å². The van der Waals surface area contributed by atoms with Crippen molar-refractivity contribution < 1.29 is 13.8 Å². The lowest BCUT2D eigenvalue weighted by molar-refractivity contribution is -0.384. The Morgan fingerprint density at radius 3 is 1.74 bits per heavy atom. The first-order valence-electron chi connectivity index (χ1n) is 15.2. The largest absolute Gasteiger partial charge is 0.415 e. The summed E-state index contributed by atoms with van der Waals surface area (Å²) < 4.78 is 13.1. The Kier molecular flexibility index (Phi) is 10.9. The van der Waals surface area contributed by atoms with Crippen LogP contribution in [0.25, 0.3) is 0 Å². The zero-order valence-electron chi connectivity index (χ0n) is 27.6. The molecule has 2 aromatic rings. The molecule has 0 amide bonds. The van der Waals surface area contributed by atoms with Crippen molar-refractivity contribution in [3.8, 4) is 0 Å². The van der Waals surface area contributed by atoms with Crippen LogP contribution in [-0.2, 0) is 8.85 Å². The monoisotopic (exact) mass is 615 g/mol. The Bertz CT molecular complexity index is 1140. The number of nitro benzene ring substituents is 1.